The summed E-state index contributed by atoms with van der Waals surface area (Å²) < 4.78 is 28.1. The van der Waals surface area contributed by atoms with Crippen LogP contribution in [0.1, 0.15) is 27.2 Å². The molecule has 2 atom stereocenters. The molecule has 1 N–H and O–H groups in total. The minimum Gasteiger partial charge on any atom is -0.480 e. The van der Waals surface area contributed by atoms with Gasteiger partial charge in [0, 0.05) is 12.8 Å². The average molecular weight is 293 g/mol. The van der Waals surface area contributed by atoms with Gasteiger partial charge in [0.25, 0.3) is 0 Å². The Balaban J connectivity index is 2.92. The molecule has 0 aromatic rings. The second-order valence-corrected chi connectivity index (χ2v) is 8.00. The van der Waals surface area contributed by atoms with Crippen molar-refractivity contribution in [2.75, 3.05) is 12.8 Å². The summed E-state index contributed by atoms with van der Waals surface area (Å²) in [6.45, 7) is 4.82. The van der Waals surface area contributed by atoms with Crippen LogP contribution in [0.15, 0.2) is 0 Å². The van der Waals surface area contributed by atoms with Gasteiger partial charge in [0.15, 0.2) is 9.84 Å². The van der Waals surface area contributed by atoms with Crippen molar-refractivity contribution in [2.24, 2.45) is 0 Å². The van der Waals surface area contributed by atoms with E-state index in [0.717, 1.165) is 11.2 Å². The molecule has 0 aromatic carbocycles. The van der Waals surface area contributed by atoms with E-state index in [4.69, 9.17) is 9.84 Å². The zero-order chi connectivity index (χ0) is 15.0. The Labute approximate surface area is 112 Å². The molecule has 1 fully saturated rings. The Morgan fingerprint density at radius 3 is 2.21 bits per heavy atom. The summed E-state index contributed by atoms with van der Waals surface area (Å²) in [4.78, 5) is 24.0. The minimum atomic E-state index is -3.39. The van der Waals surface area contributed by atoms with Gasteiger partial charge in [-0.25, -0.2) is 18.0 Å². The van der Waals surface area contributed by atoms with Crippen LogP contribution in [0.3, 0.4) is 0 Å². The normalized spacial score (nSPS) is 24.3. The number of sulfone groups is 1. The van der Waals surface area contributed by atoms with Gasteiger partial charge in [0.05, 0.1) is 5.25 Å². The monoisotopic (exact) mass is 293 g/mol. The first-order chi connectivity index (χ1) is 8.42. The Morgan fingerprint density at radius 1 is 1.32 bits per heavy atom. The third-order valence-electron chi connectivity index (χ3n) is 2.78. The van der Waals surface area contributed by atoms with E-state index < -0.39 is 38.8 Å². The van der Waals surface area contributed by atoms with Crippen molar-refractivity contribution in [3.05, 3.63) is 0 Å². The van der Waals surface area contributed by atoms with E-state index in [-0.39, 0.29) is 13.0 Å². The highest BCUT2D eigenvalue weighted by Crippen LogP contribution is 2.25. The van der Waals surface area contributed by atoms with Gasteiger partial charge in [-0.15, -0.1) is 0 Å². The van der Waals surface area contributed by atoms with Crippen LogP contribution < -0.4 is 0 Å². The number of ether oxygens (including phenoxy) is 1. The van der Waals surface area contributed by atoms with Crippen LogP contribution in [0.4, 0.5) is 4.79 Å². The van der Waals surface area contributed by atoms with Crippen LogP contribution in [-0.4, -0.2) is 60.2 Å². The number of hydrogen-bond acceptors (Lipinski definition) is 5. The quantitative estimate of drug-likeness (QED) is 0.795. The molecule has 0 radical (unpaired) electrons. The number of likely N-dealkylation sites (tertiary alicyclic amines) is 1. The fourth-order valence-electron chi connectivity index (χ4n) is 1.86. The van der Waals surface area contributed by atoms with Crippen LogP contribution in [0, 0.1) is 0 Å². The molecule has 0 saturated carbocycles. The summed E-state index contributed by atoms with van der Waals surface area (Å²) >= 11 is 0. The van der Waals surface area contributed by atoms with Crippen molar-refractivity contribution in [2.45, 2.75) is 44.1 Å². The number of rotatable bonds is 2. The number of hydrogen-bond donors (Lipinski definition) is 1. The molecule has 1 rings (SSSR count). The van der Waals surface area contributed by atoms with Gasteiger partial charge < -0.3 is 9.84 Å². The number of carboxylic acid groups (broad SMARTS) is 1. The zero-order valence-corrected chi connectivity index (χ0v) is 12.2. The average Bonchev–Trinajstić information content (AvgIpc) is 2.57. The van der Waals surface area contributed by atoms with Crippen LogP contribution in [0.5, 0.6) is 0 Å². The Bertz CT molecular complexity index is 478. The van der Waals surface area contributed by atoms with Gasteiger partial charge in [0.2, 0.25) is 0 Å². The smallest absolute Gasteiger partial charge is 0.411 e. The van der Waals surface area contributed by atoms with Gasteiger partial charge in [-0.3, -0.25) is 4.90 Å². The number of carbonyl (C=O) groups is 2. The van der Waals surface area contributed by atoms with Crippen molar-refractivity contribution < 1.29 is 27.9 Å². The molecule has 7 nitrogen and oxygen atoms in total. The van der Waals surface area contributed by atoms with Crippen LogP contribution >= 0.6 is 0 Å². The summed E-state index contributed by atoms with van der Waals surface area (Å²) in [6.07, 6.45) is 0.133. The molecule has 0 aromatic heterocycles. The van der Waals surface area contributed by atoms with Gasteiger partial charge >= 0.3 is 12.1 Å². The fraction of sp³-hybridized carbons (Fsp3) is 0.818. The Morgan fingerprint density at radius 2 is 1.84 bits per heavy atom. The molecule has 1 aliphatic rings. The molecule has 19 heavy (non-hydrogen) atoms. The van der Waals surface area contributed by atoms with Gasteiger partial charge in [-0.2, -0.15) is 0 Å². The van der Waals surface area contributed by atoms with E-state index in [1.54, 1.807) is 20.8 Å². The van der Waals surface area contributed by atoms with E-state index in [9.17, 15) is 18.0 Å². The number of amides is 1. The largest absolute Gasteiger partial charge is 0.480 e. The molecule has 0 aliphatic carbocycles. The first-order valence-electron chi connectivity index (χ1n) is 5.83. The predicted molar refractivity (Wildman–Crippen MR) is 67.6 cm³/mol. The fourth-order valence-corrected chi connectivity index (χ4v) is 2.83. The summed E-state index contributed by atoms with van der Waals surface area (Å²) in [5, 5.41) is 8.21. The van der Waals surface area contributed by atoms with Crippen molar-refractivity contribution in [3.63, 3.8) is 0 Å². The predicted octanol–water partition coefficient (Wildman–Crippen LogP) is 0.494. The summed E-state index contributed by atoms with van der Waals surface area (Å²) in [5.74, 6) is -1.22. The Kier molecular flexibility index (Phi) is 4.14. The molecule has 1 heterocycles. The van der Waals surface area contributed by atoms with Crippen LogP contribution in [0.25, 0.3) is 0 Å². The highest BCUT2D eigenvalue weighted by molar-refractivity contribution is 7.91. The van der Waals surface area contributed by atoms with E-state index >= 15 is 0 Å². The third-order valence-corrected chi connectivity index (χ3v) is 4.33. The van der Waals surface area contributed by atoms with Crippen molar-refractivity contribution >= 4 is 21.9 Å². The summed E-state index contributed by atoms with van der Waals surface area (Å²) in [7, 11) is -3.39. The standard InChI is InChI=1S/C11H19NO6S/c1-11(2,3)18-10(15)12-6-7(19(4,16)17)5-8(12)9(13)14/h7-8H,5-6H2,1-4H3,(H,13,14)/t7-,8+/m0/s1. The molecule has 0 bridgehead atoms. The van der Waals surface area contributed by atoms with Gasteiger partial charge in [-0.1, -0.05) is 0 Å². The van der Waals surface area contributed by atoms with Crippen LogP contribution in [0.2, 0.25) is 0 Å². The SMILES string of the molecule is CC(C)(C)OC(=O)N1C[C@@H](S(C)(=O)=O)C[C@@H]1C(=O)O. The summed E-state index contributed by atoms with van der Waals surface area (Å²) in [5.41, 5.74) is -0.761. The lowest BCUT2D eigenvalue weighted by Gasteiger charge is -2.26. The maximum Gasteiger partial charge on any atom is 0.411 e. The minimum absolute atomic E-state index is 0.104. The van der Waals surface area contributed by atoms with E-state index in [1.165, 1.54) is 0 Å². The summed E-state index contributed by atoms with van der Waals surface area (Å²) in [6, 6.07) is -1.16. The maximum atomic E-state index is 11.9. The van der Waals surface area contributed by atoms with Crippen molar-refractivity contribution in [3.8, 4) is 0 Å². The molecule has 1 amide bonds. The first-order valence-corrected chi connectivity index (χ1v) is 7.78. The van der Waals surface area contributed by atoms with Gasteiger partial charge in [0.1, 0.15) is 11.6 Å². The molecule has 0 spiro atoms. The van der Waals surface area contributed by atoms with E-state index in [1.807, 2.05) is 0 Å². The lowest BCUT2D eigenvalue weighted by Crippen LogP contribution is -2.43. The molecule has 1 saturated heterocycles. The lowest BCUT2D eigenvalue weighted by atomic mass is 10.2. The third kappa shape index (κ3) is 4.09. The van der Waals surface area contributed by atoms with Crippen molar-refractivity contribution in [1.29, 1.82) is 0 Å². The molecule has 0 unspecified atom stereocenters. The van der Waals surface area contributed by atoms with Crippen molar-refractivity contribution in [1.82, 2.24) is 4.90 Å². The molecular formula is C11H19NO6S. The lowest BCUT2D eigenvalue weighted by molar-refractivity contribution is -0.142. The first kappa shape index (κ1) is 15.7. The highest BCUT2D eigenvalue weighted by Gasteiger charge is 2.45. The highest BCUT2D eigenvalue weighted by atomic mass is 32.2. The topological polar surface area (TPSA) is 101 Å². The molecular weight excluding hydrogens is 274 g/mol. The number of nitrogens with zero attached hydrogens (tertiary/aromatic N) is 1. The molecule has 110 valence electrons. The number of carbonyl (C=O) groups excluding carboxylic acids is 1. The van der Waals surface area contributed by atoms with E-state index in [2.05, 4.69) is 0 Å². The van der Waals surface area contributed by atoms with Crippen LogP contribution in [-0.2, 0) is 19.4 Å². The van der Waals surface area contributed by atoms with E-state index in [0.29, 0.717) is 0 Å². The second kappa shape index (κ2) is 4.99. The zero-order valence-electron chi connectivity index (χ0n) is 11.4. The number of carboxylic acids is 1. The second-order valence-electron chi connectivity index (χ2n) is 5.67. The molecule has 1 aliphatic heterocycles. The number of aliphatic carboxylic acids is 1. The molecule has 8 heteroatoms. The Hall–Kier alpha value is -1.31. The van der Waals surface area contributed by atoms with Gasteiger partial charge in [-0.05, 0) is 27.2 Å². The maximum absolute atomic E-state index is 11.9.